The quantitative estimate of drug-likeness (QED) is 0.241. The Hall–Kier alpha value is -4.58. The predicted molar refractivity (Wildman–Crippen MR) is 139 cm³/mol. The van der Waals surface area contributed by atoms with Crippen molar-refractivity contribution in [2.45, 2.75) is 0 Å². The Kier molecular flexibility index (Phi) is 7.54. The molecular formula is C28H26N4O2. The van der Waals surface area contributed by atoms with Crippen LogP contribution in [0.2, 0.25) is 0 Å². The van der Waals surface area contributed by atoms with E-state index in [9.17, 15) is 0 Å². The number of hydrogen-bond acceptors (Lipinski definition) is 6. The van der Waals surface area contributed by atoms with E-state index in [0.29, 0.717) is 11.4 Å². The maximum atomic E-state index is 5.34. The average Bonchev–Trinajstić information content (AvgIpc) is 2.92. The summed E-state index contributed by atoms with van der Waals surface area (Å²) in [5, 5.41) is 9.55. The Labute approximate surface area is 199 Å². The molecular weight excluding hydrogens is 424 g/mol. The van der Waals surface area contributed by atoms with Crippen molar-refractivity contribution in [3.8, 4) is 11.5 Å². The van der Waals surface area contributed by atoms with Gasteiger partial charge in [-0.15, -0.1) is 0 Å². The number of ether oxygens (including phenoxy) is 2. The highest BCUT2D eigenvalue weighted by atomic mass is 16.5. The van der Waals surface area contributed by atoms with Gasteiger partial charge in [-0.25, -0.2) is 0 Å². The summed E-state index contributed by atoms with van der Waals surface area (Å²) >= 11 is 0. The van der Waals surface area contributed by atoms with Crippen molar-refractivity contribution in [3.05, 3.63) is 120 Å². The molecule has 0 heterocycles. The molecule has 0 bridgehead atoms. The van der Waals surface area contributed by atoms with E-state index in [1.54, 1.807) is 14.2 Å². The van der Waals surface area contributed by atoms with Gasteiger partial charge in [-0.2, -0.15) is 10.2 Å². The first-order valence-electron chi connectivity index (χ1n) is 10.8. The number of hydrogen-bond donors (Lipinski definition) is 2. The fourth-order valence-corrected chi connectivity index (χ4v) is 3.27. The van der Waals surface area contributed by atoms with Crippen LogP contribution < -0.4 is 20.3 Å². The first-order valence-corrected chi connectivity index (χ1v) is 10.8. The zero-order valence-electron chi connectivity index (χ0n) is 19.1. The van der Waals surface area contributed by atoms with Gasteiger partial charge in [0.15, 0.2) is 0 Å². The lowest BCUT2D eigenvalue weighted by molar-refractivity contribution is 0.414. The van der Waals surface area contributed by atoms with Gasteiger partial charge in [0, 0.05) is 11.1 Å². The Morgan fingerprint density at radius 3 is 1.18 bits per heavy atom. The summed E-state index contributed by atoms with van der Waals surface area (Å²) in [6, 6.07) is 35.1. The van der Waals surface area contributed by atoms with Crippen LogP contribution in [0.4, 0.5) is 11.4 Å². The van der Waals surface area contributed by atoms with Crippen molar-refractivity contribution >= 4 is 22.8 Å². The summed E-state index contributed by atoms with van der Waals surface area (Å²) < 4.78 is 10.7. The number of hydrazone groups is 2. The molecule has 0 aliphatic heterocycles. The minimum atomic E-state index is 0.667. The second-order valence-electron chi connectivity index (χ2n) is 7.33. The molecule has 0 radical (unpaired) electrons. The highest BCUT2D eigenvalue weighted by Gasteiger charge is 2.16. The molecule has 4 aromatic carbocycles. The normalized spacial score (nSPS) is 11.6. The molecule has 0 aromatic heterocycles. The van der Waals surface area contributed by atoms with Gasteiger partial charge in [0.05, 0.1) is 25.6 Å². The largest absolute Gasteiger partial charge is 0.497 e. The molecule has 6 heteroatoms. The number of benzene rings is 4. The summed E-state index contributed by atoms with van der Waals surface area (Å²) in [4.78, 5) is 0. The van der Waals surface area contributed by atoms with Crippen molar-refractivity contribution in [1.82, 2.24) is 0 Å². The molecule has 0 spiro atoms. The van der Waals surface area contributed by atoms with Gasteiger partial charge in [0.1, 0.15) is 22.9 Å². The van der Waals surface area contributed by atoms with E-state index in [1.807, 2.05) is 109 Å². The number of anilines is 2. The van der Waals surface area contributed by atoms with Crippen LogP contribution >= 0.6 is 0 Å². The van der Waals surface area contributed by atoms with Gasteiger partial charge in [-0.05, 0) is 72.8 Å². The molecule has 0 atom stereocenters. The molecule has 4 aromatic rings. The van der Waals surface area contributed by atoms with E-state index < -0.39 is 0 Å². The molecule has 0 aliphatic carbocycles. The Balaban J connectivity index is 1.80. The maximum Gasteiger partial charge on any atom is 0.119 e. The van der Waals surface area contributed by atoms with Crippen LogP contribution in [0.5, 0.6) is 11.5 Å². The van der Waals surface area contributed by atoms with E-state index >= 15 is 0 Å². The first-order chi connectivity index (χ1) is 16.8. The van der Waals surface area contributed by atoms with Crippen LogP contribution in [0.25, 0.3) is 0 Å². The highest BCUT2D eigenvalue weighted by molar-refractivity contribution is 6.53. The summed E-state index contributed by atoms with van der Waals surface area (Å²) in [5.74, 6) is 1.54. The van der Waals surface area contributed by atoms with Gasteiger partial charge >= 0.3 is 0 Å². The van der Waals surface area contributed by atoms with Gasteiger partial charge in [0.2, 0.25) is 0 Å². The van der Waals surface area contributed by atoms with Gasteiger partial charge in [-0.1, -0.05) is 36.4 Å². The van der Waals surface area contributed by atoms with Crippen LogP contribution in [-0.4, -0.2) is 25.6 Å². The molecule has 0 amide bonds. The molecule has 6 nitrogen and oxygen atoms in total. The lowest BCUT2D eigenvalue weighted by Crippen LogP contribution is -2.20. The van der Waals surface area contributed by atoms with Crippen LogP contribution in [0.15, 0.2) is 119 Å². The number of nitrogens with one attached hydrogen (secondary N) is 2. The molecule has 0 fully saturated rings. The molecule has 0 saturated heterocycles. The fourth-order valence-electron chi connectivity index (χ4n) is 3.27. The standard InChI is InChI=1S/C28H26N4O2/c1-33-25-17-13-21(14-18-25)27(31-29-23-9-5-3-6-10-23)28(22-15-19-26(34-2)20-16-22)32-30-24-11-7-4-8-12-24/h3-20,29-30H,1-2H3/b31-27+,32-28+. The number of rotatable bonds is 9. The monoisotopic (exact) mass is 450 g/mol. The summed E-state index contributed by atoms with van der Waals surface area (Å²) in [6.45, 7) is 0. The number of nitrogens with zero attached hydrogens (tertiary/aromatic N) is 2. The molecule has 0 aliphatic rings. The zero-order valence-corrected chi connectivity index (χ0v) is 19.1. The van der Waals surface area contributed by atoms with Crippen molar-refractivity contribution in [2.75, 3.05) is 25.1 Å². The maximum absolute atomic E-state index is 5.34. The van der Waals surface area contributed by atoms with Crippen molar-refractivity contribution in [2.24, 2.45) is 10.2 Å². The lowest BCUT2D eigenvalue weighted by Gasteiger charge is -2.13. The van der Waals surface area contributed by atoms with E-state index in [-0.39, 0.29) is 0 Å². The average molecular weight is 451 g/mol. The minimum Gasteiger partial charge on any atom is -0.497 e. The third-order valence-corrected chi connectivity index (χ3v) is 5.09. The summed E-state index contributed by atoms with van der Waals surface area (Å²) in [5.41, 5.74) is 11.2. The number of para-hydroxylation sites is 2. The molecule has 0 unspecified atom stereocenters. The van der Waals surface area contributed by atoms with Gasteiger partial charge < -0.3 is 9.47 Å². The summed E-state index contributed by atoms with van der Waals surface area (Å²) in [7, 11) is 3.30. The predicted octanol–water partition coefficient (Wildman–Crippen LogP) is 6.04. The summed E-state index contributed by atoms with van der Waals surface area (Å²) in [6.07, 6.45) is 0. The Bertz CT molecular complexity index is 1140. The van der Waals surface area contributed by atoms with Gasteiger partial charge in [-0.3, -0.25) is 10.9 Å². The number of methoxy groups -OCH3 is 2. The van der Waals surface area contributed by atoms with Crippen molar-refractivity contribution in [1.29, 1.82) is 0 Å². The molecule has 170 valence electrons. The van der Waals surface area contributed by atoms with Crippen LogP contribution in [-0.2, 0) is 0 Å². The molecule has 4 rings (SSSR count). The SMILES string of the molecule is COc1ccc(C(=N\Nc2ccccc2)/C(=N/Nc2ccccc2)c2ccc(OC)cc2)cc1. The topological polar surface area (TPSA) is 67.2 Å². The lowest BCUT2D eigenvalue weighted by atomic mass is 9.99. The van der Waals surface area contributed by atoms with E-state index in [0.717, 1.165) is 34.0 Å². The van der Waals surface area contributed by atoms with Crippen molar-refractivity contribution in [3.63, 3.8) is 0 Å². The van der Waals surface area contributed by atoms with E-state index in [4.69, 9.17) is 19.7 Å². The molecule has 2 N–H and O–H groups in total. The second-order valence-corrected chi connectivity index (χ2v) is 7.33. The van der Waals surface area contributed by atoms with Crippen LogP contribution in [0.3, 0.4) is 0 Å². The van der Waals surface area contributed by atoms with E-state index in [2.05, 4.69) is 10.9 Å². The van der Waals surface area contributed by atoms with Crippen LogP contribution in [0, 0.1) is 0 Å². The third kappa shape index (κ3) is 5.81. The zero-order chi connectivity index (χ0) is 23.6. The molecule has 0 saturated carbocycles. The van der Waals surface area contributed by atoms with Crippen LogP contribution in [0.1, 0.15) is 11.1 Å². The minimum absolute atomic E-state index is 0.667. The second kappa shape index (κ2) is 11.3. The third-order valence-electron chi connectivity index (χ3n) is 5.09. The smallest absolute Gasteiger partial charge is 0.119 e. The fraction of sp³-hybridized carbons (Fsp3) is 0.0714. The van der Waals surface area contributed by atoms with Crippen molar-refractivity contribution < 1.29 is 9.47 Å². The Morgan fingerprint density at radius 2 is 0.853 bits per heavy atom. The van der Waals surface area contributed by atoms with Gasteiger partial charge in [0.25, 0.3) is 0 Å². The Morgan fingerprint density at radius 1 is 0.500 bits per heavy atom. The van der Waals surface area contributed by atoms with E-state index in [1.165, 1.54) is 0 Å². The molecule has 34 heavy (non-hydrogen) atoms. The first kappa shape index (κ1) is 22.6. The highest BCUT2D eigenvalue weighted by Crippen LogP contribution is 2.19.